The highest BCUT2D eigenvalue weighted by atomic mass is 35.5. The van der Waals surface area contributed by atoms with Gasteiger partial charge in [-0.05, 0) is 59.4 Å². The van der Waals surface area contributed by atoms with Gasteiger partial charge in [-0.3, -0.25) is 9.59 Å². The zero-order chi connectivity index (χ0) is 24.2. The van der Waals surface area contributed by atoms with Crippen LogP contribution in [0.4, 0.5) is 10.2 Å². The van der Waals surface area contributed by atoms with E-state index < -0.39 is 17.8 Å². The van der Waals surface area contributed by atoms with Crippen molar-refractivity contribution >= 4 is 29.2 Å². The average molecular weight is 483 g/mol. The Morgan fingerprint density at radius 1 is 1.29 bits per heavy atom. The number of carbonyl (C=O) groups excluding carboxylic acids is 2. The molecule has 1 fully saturated rings. The number of nitrogens with zero attached hydrogens (tertiary/aromatic N) is 1. The number of nitrogens with two attached hydrogens (primary N) is 1. The minimum Gasteiger partial charge on any atom is -0.394 e. The number of amides is 2. The summed E-state index contributed by atoms with van der Waals surface area (Å²) >= 11 is 5.99. The Hall–Kier alpha value is -3.49. The number of nitrogen functional groups attached to an aromatic ring is 1. The van der Waals surface area contributed by atoms with E-state index in [0.717, 1.165) is 12.0 Å². The van der Waals surface area contributed by atoms with Crippen molar-refractivity contribution in [3.05, 3.63) is 82.3 Å². The second-order valence-corrected chi connectivity index (χ2v) is 8.64. The Labute approximate surface area is 201 Å². The summed E-state index contributed by atoms with van der Waals surface area (Å²) in [5.41, 5.74) is 8.34. The maximum atomic E-state index is 15.0. The van der Waals surface area contributed by atoms with Gasteiger partial charge in [-0.25, -0.2) is 9.37 Å². The molecule has 4 rings (SSSR count). The summed E-state index contributed by atoms with van der Waals surface area (Å²) in [4.78, 5) is 28.7. The third-order valence-electron chi connectivity index (χ3n) is 5.92. The first-order chi connectivity index (χ1) is 16.4. The van der Waals surface area contributed by atoms with Crippen LogP contribution in [0.15, 0.2) is 54.7 Å². The SMILES string of the molecule is Nc1ncc(C2CCNC(=O)C2)cc1-c1ccc(C(=O)N[C@H](CO)c2cccc(Cl)c2)c(F)c1. The highest BCUT2D eigenvalue weighted by Crippen LogP contribution is 2.32. The van der Waals surface area contributed by atoms with Crippen LogP contribution in [0.2, 0.25) is 5.02 Å². The smallest absolute Gasteiger partial charge is 0.254 e. The summed E-state index contributed by atoms with van der Waals surface area (Å²) < 4.78 is 15.0. The number of aromatic nitrogens is 1. The van der Waals surface area contributed by atoms with Crippen molar-refractivity contribution in [2.24, 2.45) is 0 Å². The molecule has 0 bridgehead atoms. The molecule has 176 valence electrons. The molecule has 9 heteroatoms. The van der Waals surface area contributed by atoms with E-state index in [9.17, 15) is 19.1 Å². The number of rotatable bonds is 6. The van der Waals surface area contributed by atoms with Crippen LogP contribution in [0.1, 0.15) is 46.3 Å². The molecular formula is C25H24ClFN4O3. The maximum absolute atomic E-state index is 15.0. The minimum atomic E-state index is -0.741. The lowest BCUT2D eigenvalue weighted by atomic mass is 9.89. The van der Waals surface area contributed by atoms with Crippen molar-refractivity contribution in [1.29, 1.82) is 0 Å². The molecule has 3 aromatic rings. The van der Waals surface area contributed by atoms with E-state index in [1.807, 2.05) is 6.07 Å². The van der Waals surface area contributed by atoms with E-state index in [-0.39, 0.29) is 29.8 Å². The van der Waals surface area contributed by atoms with Gasteiger partial charge in [0.05, 0.1) is 18.2 Å². The molecule has 1 unspecified atom stereocenters. The number of aliphatic hydroxyl groups excluding tert-OH is 1. The van der Waals surface area contributed by atoms with Gasteiger partial charge in [-0.2, -0.15) is 0 Å². The van der Waals surface area contributed by atoms with Gasteiger partial charge in [-0.15, -0.1) is 0 Å². The fraction of sp³-hybridized carbons (Fsp3) is 0.240. The second-order valence-electron chi connectivity index (χ2n) is 8.20. The Morgan fingerprint density at radius 2 is 2.12 bits per heavy atom. The quantitative estimate of drug-likeness (QED) is 0.428. The van der Waals surface area contributed by atoms with E-state index in [2.05, 4.69) is 15.6 Å². The third kappa shape index (κ3) is 5.18. The molecule has 1 saturated heterocycles. The summed E-state index contributed by atoms with van der Waals surface area (Å²) in [6.45, 7) is 0.214. The first-order valence-corrected chi connectivity index (χ1v) is 11.2. The van der Waals surface area contributed by atoms with Gasteiger partial charge in [0.15, 0.2) is 0 Å². The monoisotopic (exact) mass is 482 g/mol. The van der Waals surface area contributed by atoms with Gasteiger partial charge in [0, 0.05) is 29.7 Å². The van der Waals surface area contributed by atoms with E-state index in [4.69, 9.17) is 17.3 Å². The molecule has 2 aromatic carbocycles. The van der Waals surface area contributed by atoms with Crippen molar-refractivity contribution in [3.63, 3.8) is 0 Å². The van der Waals surface area contributed by atoms with Gasteiger partial charge in [0.2, 0.25) is 5.91 Å². The number of hydrogen-bond donors (Lipinski definition) is 4. The highest BCUT2D eigenvalue weighted by Gasteiger charge is 2.23. The first kappa shape index (κ1) is 23.7. The van der Waals surface area contributed by atoms with Gasteiger partial charge >= 0.3 is 0 Å². The summed E-state index contributed by atoms with van der Waals surface area (Å²) in [6.07, 6.45) is 2.78. The van der Waals surface area contributed by atoms with E-state index in [1.165, 1.54) is 12.1 Å². The van der Waals surface area contributed by atoms with Crippen molar-refractivity contribution < 1.29 is 19.1 Å². The summed E-state index contributed by atoms with van der Waals surface area (Å²) in [5.74, 6) is -1.19. The minimum absolute atomic E-state index is 0.0115. The number of halogens is 2. The predicted octanol–water partition coefficient (Wildman–Crippen LogP) is 3.58. The average Bonchev–Trinajstić information content (AvgIpc) is 2.82. The van der Waals surface area contributed by atoms with E-state index in [0.29, 0.717) is 34.7 Å². The van der Waals surface area contributed by atoms with Gasteiger partial charge in [-0.1, -0.05) is 29.8 Å². The normalized spacial score (nSPS) is 16.6. The molecule has 34 heavy (non-hydrogen) atoms. The van der Waals surface area contributed by atoms with Crippen LogP contribution in [-0.4, -0.2) is 35.1 Å². The third-order valence-corrected chi connectivity index (χ3v) is 6.16. The van der Waals surface area contributed by atoms with Crippen molar-refractivity contribution in [2.45, 2.75) is 24.8 Å². The standard InChI is InChI=1S/C25H24ClFN4O3/c26-18-3-1-2-16(8-18)22(13-32)31-25(34)19-5-4-15(10-21(19)27)20-9-17(12-30-24(20)28)14-6-7-29-23(33)11-14/h1-5,8-10,12,14,22,32H,6-7,11,13H2,(H2,28,30)(H,29,33)(H,31,34)/t14?,22-/m1/s1. The topological polar surface area (TPSA) is 117 Å². The second kappa shape index (κ2) is 10.2. The lowest BCUT2D eigenvalue weighted by Gasteiger charge is -2.23. The van der Waals surface area contributed by atoms with Crippen LogP contribution in [0.25, 0.3) is 11.1 Å². The van der Waals surface area contributed by atoms with Crippen LogP contribution in [0.5, 0.6) is 0 Å². The molecule has 0 radical (unpaired) electrons. The molecule has 2 heterocycles. The molecular weight excluding hydrogens is 459 g/mol. The van der Waals surface area contributed by atoms with Crippen molar-refractivity contribution in [1.82, 2.24) is 15.6 Å². The number of pyridine rings is 1. The lowest BCUT2D eigenvalue weighted by molar-refractivity contribution is -0.122. The number of anilines is 1. The van der Waals surface area contributed by atoms with Gasteiger partial charge in [0.1, 0.15) is 11.6 Å². The predicted molar refractivity (Wildman–Crippen MR) is 128 cm³/mol. The van der Waals surface area contributed by atoms with Crippen LogP contribution < -0.4 is 16.4 Å². The summed E-state index contributed by atoms with van der Waals surface area (Å²) in [5, 5.41) is 15.6. The number of benzene rings is 2. The number of aliphatic hydroxyl groups is 1. The zero-order valence-electron chi connectivity index (χ0n) is 18.2. The number of nitrogens with one attached hydrogen (secondary N) is 2. The molecule has 0 saturated carbocycles. The van der Waals surface area contributed by atoms with Gasteiger partial charge < -0.3 is 21.5 Å². The number of hydrogen-bond acceptors (Lipinski definition) is 5. The highest BCUT2D eigenvalue weighted by molar-refractivity contribution is 6.30. The van der Waals surface area contributed by atoms with E-state index in [1.54, 1.807) is 36.5 Å². The Bertz CT molecular complexity index is 1240. The molecule has 1 aliphatic heterocycles. The fourth-order valence-corrected chi connectivity index (χ4v) is 4.27. The largest absolute Gasteiger partial charge is 0.394 e. The molecule has 7 nitrogen and oxygen atoms in total. The Morgan fingerprint density at radius 3 is 2.82 bits per heavy atom. The summed E-state index contributed by atoms with van der Waals surface area (Å²) in [7, 11) is 0. The summed E-state index contributed by atoms with van der Waals surface area (Å²) in [6, 6.07) is 12.0. The molecule has 1 aliphatic rings. The fourth-order valence-electron chi connectivity index (χ4n) is 4.07. The molecule has 1 aromatic heterocycles. The molecule has 2 amide bonds. The first-order valence-electron chi connectivity index (χ1n) is 10.8. The van der Waals surface area contributed by atoms with Crippen LogP contribution >= 0.6 is 11.6 Å². The van der Waals surface area contributed by atoms with Crippen LogP contribution in [0, 0.1) is 5.82 Å². The van der Waals surface area contributed by atoms with Gasteiger partial charge in [0.25, 0.3) is 5.91 Å². The zero-order valence-corrected chi connectivity index (χ0v) is 19.0. The van der Waals surface area contributed by atoms with Crippen molar-refractivity contribution in [3.8, 4) is 11.1 Å². The Kier molecular flexibility index (Phi) is 7.09. The molecule has 0 aliphatic carbocycles. The molecule has 0 spiro atoms. The van der Waals surface area contributed by atoms with E-state index >= 15 is 0 Å². The van der Waals surface area contributed by atoms with Crippen LogP contribution in [-0.2, 0) is 4.79 Å². The Balaban J connectivity index is 1.56. The number of piperidine rings is 1. The van der Waals surface area contributed by atoms with Crippen LogP contribution in [0.3, 0.4) is 0 Å². The maximum Gasteiger partial charge on any atom is 0.254 e. The molecule has 5 N–H and O–H groups in total. The van der Waals surface area contributed by atoms with Crippen molar-refractivity contribution in [2.75, 3.05) is 18.9 Å². The molecule has 2 atom stereocenters. The number of carbonyl (C=O) groups is 2. The lowest BCUT2D eigenvalue weighted by Crippen LogP contribution is -2.32.